The highest BCUT2D eigenvalue weighted by molar-refractivity contribution is 8.14. The number of hydrogen-bond acceptors (Lipinski definition) is 3. The lowest BCUT2D eigenvalue weighted by Gasteiger charge is -2.17. The van der Waals surface area contributed by atoms with E-state index in [1.165, 1.54) is 55.7 Å². The van der Waals surface area contributed by atoms with Gasteiger partial charge in [-0.15, -0.1) is 18.3 Å². The van der Waals surface area contributed by atoms with Crippen LogP contribution in [-0.2, 0) is 4.74 Å². The highest BCUT2D eigenvalue weighted by Crippen LogP contribution is 2.67. The van der Waals surface area contributed by atoms with Crippen molar-refractivity contribution in [2.75, 3.05) is 12.9 Å². The van der Waals surface area contributed by atoms with Gasteiger partial charge in [0, 0.05) is 18.8 Å². The van der Waals surface area contributed by atoms with Gasteiger partial charge in [0.25, 0.3) is 0 Å². The second-order valence-electron chi connectivity index (χ2n) is 10.2. The maximum absolute atomic E-state index is 5.59. The molecule has 1 aliphatic heterocycles. The molecule has 156 valence electrons. The summed E-state index contributed by atoms with van der Waals surface area (Å²) in [5.74, 6) is 5.86. The Kier molecular flexibility index (Phi) is 6.42. The molecule has 0 aromatic heterocycles. The van der Waals surface area contributed by atoms with E-state index in [1.807, 2.05) is 24.9 Å². The normalized spacial score (nSPS) is 42.5. The minimum absolute atomic E-state index is 0.371. The van der Waals surface area contributed by atoms with Crippen LogP contribution >= 0.6 is 11.8 Å². The van der Waals surface area contributed by atoms with Gasteiger partial charge in [0.2, 0.25) is 0 Å². The molecule has 0 bridgehead atoms. The Balaban J connectivity index is 1.12. The fourth-order valence-corrected chi connectivity index (χ4v) is 6.72. The Morgan fingerprint density at radius 2 is 2.21 bits per heavy atom. The van der Waals surface area contributed by atoms with E-state index in [-0.39, 0.29) is 0 Å². The summed E-state index contributed by atoms with van der Waals surface area (Å²) in [5.41, 5.74) is 0.597. The average Bonchev–Trinajstić information content (AvgIpc) is 3.63. The van der Waals surface area contributed by atoms with Crippen molar-refractivity contribution in [1.82, 2.24) is 0 Å². The fourth-order valence-electron chi connectivity index (χ4n) is 5.44. The van der Waals surface area contributed by atoms with E-state index in [0.29, 0.717) is 17.6 Å². The van der Waals surface area contributed by atoms with Gasteiger partial charge in [0.15, 0.2) is 0 Å². The molecule has 0 radical (unpaired) electrons. The Morgan fingerprint density at radius 3 is 2.93 bits per heavy atom. The summed E-state index contributed by atoms with van der Waals surface area (Å²) in [7, 11) is 1.84. The number of thioether (sulfide) groups is 1. The summed E-state index contributed by atoms with van der Waals surface area (Å²) < 4.78 is 5.59. The van der Waals surface area contributed by atoms with Gasteiger partial charge < -0.3 is 4.74 Å². The third kappa shape index (κ3) is 4.95. The van der Waals surface area contributed by atoms with Crippen LogP contribution in [0.5, 0.6) is 0 Å². The van der Waals surface area contributed by atoms with Crippen LogP contribution in [0.25, 0.3) is 0 Å². The van der Waals surface area contributed by atoms with Gasteiger partial charge in [-0.2, -0.15) is 0 Å². The molecule has 4 rings (SSSR count). The maximum Gasteiger partial charge on any atom is 0.0783 e. The van der Waals surface area contributed by atoms with Gasteiger partial charge in [-0.05, 0) is 80.5 Å². The second-order valence-corrected chi connectivity index (χ2v) is 11.3. The zero-order valence-electron chi connectivity index (χ0n) is 18.1. The summed E-state index contributed by atoms with van der Waals surface area (Å²) in [5, 5.41) is 1.45. The first kappa shape index (κ1) is 20.7. The number of aliphatic imine (C=N–C) groups is 1. The molecule has 3 aliphatic carbocycles. The molecule has 0 spiro atoms. The zero-order valence-corrected chi connectivity index (χ0v) is 18.9. The summed E-state index contributed by atoms with van der Waals surface area (Å²) in [6.45, 7) is 8.72. The number of hydrogen-bond donors (Lipinski definition) is 0. The van der Waals surface area contributed by atoms with E-state index >= 15 is 0 Å². The van der Waals surface area contributed by atoms with E-state index < -0.39 is 0 Å². The van der Waals surface area contributed by atoms with Crippen molar-refractivity contribution in [3.05, 3.63) is 24.8 Å². The van der Waals surface area contributed by atoms with Crippen LogP contribution < -0.4 is 0 Å². The standard InChI is InChI=1S/C25H39NOS/c1-5-8-20(27-4)11-12-25(3)15-23(25)22-14-18(22)9-6-7-10-19-16-28-24(26-19)21-13-17(21)2/h5,7,10,17-23H,1,6,8-9,11-16H2,2-4H3/b10-7-/t17-,18-,19+,20-,21+,22-,23+,25-/m0/s1. The lowest BCUT2D eigenvalue weighted by Crippen LogP contribution is -2.12. The Hall–Kier alpha value is -0.540. The summed E-state index contributed by atoms with van der Waals surface area (Å²) in [6, 6.07) is 0.457. The van der Waals surface area contributed by atoms with Gasteiger partial charge in [-0.25, -0.2) is 0 Å². The van der Waals surface area contributed by atoms with E-state index in [9.17, 15) is 0 Å². The molecule has 1 heterocycles. The van der Waals surface area contributed by atoms with Gasteiger partial charge in [0.1, 0.15) is 0 Å². The van der Waals surface area contributed by atoms with Crippen LogP contribution in [0.4, 0.5) is 0 Å². The summed E-state index contributed by atoms with van der Waals surface area (Å²) in [6.07, 6.45) is 17.6. The molecule has 3 heteroatoms. The highest BCUT2D eigenvalue weighted by atomic mass is 32.2. The first-order valence-corrected chi connectivity index (χ1v) is 12.5. The molecule has 2 nitrogen and oxygen atoms in total. The Labute approximate surface area is 176 Å². The Morgan fingerprint density at radius 1 is 1.39 bits per heavy atom. The molecule has 4 aliphatic rings. The topological polar surface area (TPSA) is 21.6 Å². The van der Waals surface area contributed by atoms with Gasteiger partial charge >= 0.3 is 0 Å². The predicted octanol–water partition coefficient (Wildman–Crippen LogP) is 6.53. The number of nitrogens with zero attached hydrogens (tertiary/aromatic N) is 1. The molecule has 3 saturated carbocycles. The van der Waals surface area contributed by atoms with Crippen molar-refractivity contribution in [3.63, 3.8) is 0 Å². The predicted molar refractivity (Wildman–Crippen MR) is 122 cm³/mol. The van der Waals surface area contributed by atoms with Crippen molar-refractivity contribution in [3.8, 4) is 0 Å². The van der Waals surface area contributed by atoms with Crippen molar-refractivity contribution in [2.24, 2.45) is 40.0 Å². The van der Waals surface area contributed by atoms with E-state index in [1.54, 1.807) is 0 Å². The van der Waals surface area contributed by atoms with Crippen molar-refractivity contribution in [1.29, 1.82) is 0 Å². The van der Waals surface area contributed by atoms with Crippen molar-refractivity contribution in [2.45, 2.75) is 77.4 Å². The van der Waals surface area contributed by atoms with Crippen molar-refractivity contribution >= 4 is 16.8 Å². The molecule has 0 amide bonds. The van der Waals surface area contributed by atoms with Gasteiger partial charge in [-0.3, -0.25) is 4.99 Å². The minimum Gasteiger partial charge on any atom is -0.381 e. The van der Waals surface area contributed by atoms with Crippen LogP contribution in [0.1, 0.15) is 65.2 Å². The molecule has 0 unspecified atom stereocenters. The Bertz CT molecular complexity index is 628. The third-order valence-electron chi connectivity index (χ3n) is 7.90. The molecular weight excluding hydrogens is 362 g/mol. The second kappa shape index (κ2) is 8.68. The molecular formula is C25H39NOS. The van der Waals surface area contributed by atoms with Gasteiger partial charge in [0.05, 0.1) is 17.2 Å². The molecule has 8 atom stereocenters. The van der Waals surface area contributed by atoms with Crippen molar-refractivity contribution < 1.29 is 4.74 Å². The third-order valence-corrected chi connectivity index (χ3v) is 9.11. The molecule has 3 fully saturated rings. The maximum atomic E-state index is 5.59. The number of methoxy groups -OCH3 is 1. The quantitative estimate of drug-likeness (QED) is 0.347. The molecule has 0 aromatic rings. The molecule has 28 heavy (non-hydrogen) atoms. The van der Waals surface area contributed by atoms with E-state index in [2.05, 4.69) is 32.6 Å². The highest BCUT2D eigenvalue weighted by Gasteiger charge is 2.59. The van der Waals surface area contributed by atoms with Crippen LogP contribution in [0, 0.1) is 35.0 Å². The monoisotopic (exact) mass is 401 g/mol. The van der Waals surface area contributed by atoms with E-state index in [0.717, 1.165) is 36.0 Å². The first-order valence-electron chi connectivity index (χ1n) is 11.5. The number of rotatable bonds is 12. The largest absolute Gasteiger partial charge is 0.381 e. The summed E-state index contributed by atoms with van der Waals surface area (Å²) in [4.78, 5) is 4.94. The number of ether oxygens (including phenoxy) is 1. The molecule has 0 saturated heterocycles. The average molecular weight is 402 g/mol. The van der Waals surface area contributed by atoms with Crippen LogP contribution in [0.3, 0.4) is 0 Å². The fraction of sp³-hybridized carbons (Fsp3) is 0.800. The molecule has 0 N–H and O–H groups in total. The van der Waals surface area contributed by atoms with Crippen LogP contribution in [0.2, 0.25) is 0 Å². The SMILES string of the molecule is C=CC[C@@H](CC[C@@]1(C)C[C@@H]1[C@H]1C[C@@H]1CC/C=C\[C@@H]1CSC([C@@H]2C[C@@H]2C)=N1)OC. The van der Waals surface area contributed by atoms with Gasteiger partial charge in [-0.1, -0.05) is 32.1 Å². The number of allylic oxidation sites excluding steroid dienone is 1. The lowest BCUT2D eigenvalue weighted by atomic mass is 9.94. The van der Waals surface area contributed by atoms with Crippen LogP contribution in [-0.4, -0.2) is 30.1 Å². The van der Waals surface area contributed by atoms with E-state index in [4.69, 9.17) is 9.73 Å². The smallest absolute Gasteiger partial charge is 0.0783 e. The van der Waals surface area contributed by atoms with Crippen LogP contribution in [0.15, 0.2) is 29.8 Å². The molecule has 0 aromatic carbocycles. The minimum atomic E-state index is 0.371. The summed E-state index contributed by atoms with van der Waals surface area (Å²) >= 11 is 2.01. The lowest BCUT2D eigenvalue weighted by molar-refractivity contribution is 0.0898. The zero-order chi connectivity index (χ0) is 19.7. The first-order chi connectivity index (χ1) is 13.5.